The molecule has 0 saturated carbocycles. The third-order valence-electron chi connectivity index (χ3n) is 3.03. The standard InChI is InChI=1S/C13H14BrF4NO/c14-3-4-19(8-13(16,17)18)7-11-6-9-5-10(15)1-2-12(9)20-11/h1-2,5,11H,3-4,6-8H2. The van der Waals surface area contributed by atoms with Crippen molar-refractivity contribution in [3.8, 4) is 5.75 Å². The quantitative estimate of drug-likeness (QED) is 0.593. The van der Waals surface area contributed by atoms with Gasteiger partial charge < -0.3 is 4.74 Å². The minimum atomic E-state index is -4.24. The maximum absolute atomic E-state index is 13.1. The Balaban J connectivity index is 1.96. The summed E-state index contributed by atoms with van der Waals surface area (Å²) in [5, 5.41) is 0.456. The molecule has 0 spiro atoms. The van der Waals surface area contributed by atoms with Crippen LogP contribution in [-0.2, 0) is 6.42 Å². The van der Waals surface area contributed by atoms with E-state index in [-0.39, 0.29) is 25.0 Å². The summed E-state index contributed by atoms with van der Waals surface area (Å²) >= 11 is 3.15. The van der Waals surface area contributed by atoms with E-state index in [1.165, 1.54) is 23.1 Å². The number of nitrogens with zero attached hydrogens (tertiary/aromatic N) is 1. The van der Waals surface area contributed by atoms with E-state index in [9.17, 15) is 17.6 Å². The Labute approximate surface area is 122 Å². The maximum atomic E-state index is 13.1. The van der Waals surface area contributed by atoms with Crippen molar-refractivity contribution in [1.29, 1.82) is 0 Å². The second kappa shape index (κ2) is 6.30. The highest BCUT2D eigenvalue weighted by molar-refractivity contribution is 9.09. The second-order valence-corrected chi connectivity index (χ2v) is 5.53. The fraction of sp³-hybridized carbons (Fsp3) is 0.538. The zero-order valence-corrected chi connectivity index (χ0v) is 12.2. The first-order valence-electron chi connectivity index (χ1n) is 6.17. The Morgan fingerprint density at radius 1 is 1.35 bits per heavy atom. The second-order valence-electron chi connectivity index (χ2n) is 4.74. The van der Waals surface area contributed by atoms with Crippen molar-refractivity contribution in [3.63, 3.8) is 0 Å². The minimum absolute atomic E-state index is 0.168. The lowest BCUT2D eigenvalue weighted by molar-refractivity contribution is -0.147. The molecule has 1 aromatic carbocycles. The van der Waals surface area contributed by atoms with Crippen molar-refractivity contribution in [2.24, 2.45) is 0 Å². The molecule has 1 aliphatic rings. The van der Waals surface area contributed by atoms with Crippen LogP contribution in [0.3, 0.4) is 0 Å². The molecule has 0 fully saturated rings. The van der Waals surface area contributed by atoms with Gasteiger partial charge in [0.15, 0.2) is 0 Å². The van der Waals surface area contributed by atoms with Gasteiger partial charge in [-0.2, -0.15) is 13.2 Å². The van der Waals surface area contributed by atoms with Crippen molar-refractivity contribution in [3.05, 3.63) is 29.6 Å². The van der Waals surface area contributed by atoms with Crippen LogP contribution in [0, 0.1) is 5.82 Å². The number of alkyl halides is 4. The van der Waals surface area contributed by atoms with Gasteiger partial charge in [0.1, 0.15) is 17.7 Å². The van der Waals surface area contributed by atoms with Gasteiger partial charge in [0.2, 0.25) is 0 Å². The fourth-order valence-electron chi connectivity index (χ4n) is 2.29. The van der Waals surface area contributed by atoms with E-state index in [0.717, 1.165) is 0 Å². The number of hydrogen-bond acceptors (Lipinski definition) is 2. The molecule has 7 heteroatoms. The molecule has 20 heavy (non-hydrogen) atoms. The Bertz CT molecular complexity index is 466. The first kappa shape index (κ1) is 15.6. The number of benzene rings is 1. The van der Waals surface area contributed by atoms with Crippen LogP contribution in [0.15, 0.2) is 18.2 Å². The van der Waals surface area contributed by atoms with E-state index in [4.69, 9.17) is 4.74 Å². The summed E-state index contributed by atoms with van der Waals surface area (Å²) in [6.07, 6.45) is -4.17. The lowest BCUT2D eigenvalue weighted by Crippen LogP contribution is -2.41. The molecule has 2 nitrogen and oxygen atoms in total. The van der Waals surface area contributed by atoms with Gasteiger partial charge in [-0.25, -0.2) is 4.39 Å². The molecular formula is C13H14BrF4NO. The molecule has 0 N–H and O–H groups in total. The molecular weight excluding hydrogens is 342 g/mol. The zero-order valence-electron chi connectivity index (χ0n) is 10.6. The summed E-state index contributed by atoms with van der Waals surface area (Å²) in [6.45, 7) is -0.519. The van der Waals surface area contributed by atoms with Crippen LogP contribution < -0.4 is 4.74 Å². The molecule has 0 bridgehead atoms. The van der Waals surface area contributed by atoms with Gasteiger partial charge in [-0.3, -0.25) is 4.90 Å². The first-order valence-corrected chi connectivity index (χ1v) is 7.29. The normalized spacial score (nSPS) is 18.2. The lowest BCUT2D eigenvalue weighted by Gasteiger charge is -2.25. The number of fused-ring (bicyclic) bond motifs is 1. The SMILES string of the molecule is Fc1ccc2c(c1)CC(CN(CCBr)CC(F)(F)F)O2. The molecule has 1 unspecified atom stereocenters. The fourth-order valence-corrected chi connectivity index (χ4v) is 2.79. The summed E-state index contributed by atoms with van der Waals surface area (Å²) in [6, 6.07) is 4.17. The van der Waals surface area contributed by atoms with Crippen molar-refractivity contribution >= 4 is 15.9 Å². The van der Waals surface area contributed by atoms with Crippen molar-refractivity contribution in [2.45, 2.75) is 18.7 Å². The summed E-state index contributed by atoms with van der Waals surface area (Å²) in [5.74, 6) is 0.197. The Kier molecular flexibility index (Phi) is 4.90. The van der Waals surface area contributed by atoms with E-state index in [1.807, 2.05) is 0 Å². The van der Waals surface area contributed by atoms with E-state index in [2.05, 4.69) is 15.9 Å². The molecule has 1 atom stereocenters. The number of rotatable bonds is 5. The Hall–Kier alpha value is -0.820. The topological polar surface area (TPSA) is 12.5 Å². The Morgan fingerprint density at radius 3 is 2.75 bits per heavy atom. The summed E-state index contributed by atoms with van der Waals surface area (Å²) < 4.78 is 56.1. The van der Waals surface area contributed by atoms with Gasteiger partial charge in [0.05, 0.1) is 6.54 Å². The molecule has 1 aromatic rings. The molecule has 0 amide bonds. The minimum Gasteiger partial charge on any atom is -0.488 e. The highest BCUT2D eigenvalue weighted by atomic mass is 79.9. The third-order valence-corrected chi connectivity index (χ3v) is 3.38. The number of hydrogen-bond donors (Lipinski definition) is 0. The third kappa shape index (κ3) is 4.34. The number of halogens is 5. The average molecular weight is 356 g/mol. The molecule has 0 aliphatic carbocycles. The maximum Gasteiger partial charge on any atom is 0.401 e. The van der Waals surface area contributed by atoms with Crippen molar-refractivity contribution in [1.82, 2.24) is 4.90 Å². The van der Waals surface area contributed by atoms with Gasteiger partial charge in [0.25, 0.3) is 0 Å². The van der Waals surface area contributed by atoms with Gasteiger partial charge >= 0.3 is 6.18 Å². The predicted molar refractivity (Wildman–Crippen MR) is 70.8 cm³/mol. The predicted octanol–water partition coefficient (Wildman–Crippen LogP) is 3.39. The first-order chi connectivity index (χ1) is 9.37. The van der Waals surface area contributed by atoms with Gasteiger partial charge in [-0.1, -0.05) is 15.9 Å². The van der Waals surface area contributed by atoms with E-state index < -0.39 is 12.7 Å². The van der Waals surface area contributed by atoms with Crippen LogP contribution in [0.4, 0.5) is 17.6 Å². The molecule has 0 aromatic heterocycles. The lowest BCUT2D eigenvalue weighted by atomic mass is 10.1. The van der Waals surface area contributed by atoms with E-state index in [1.54, 1.807) is 0 Å². The van der Waals surface area contributed by atoms with Crippen LogP contribution >= 0.6 is 15.9 Å². The molecule has 0 saturated heterocycles. The summed E-state index contributed by atoms with van der Waals surface area (Å²) in [4.78, 5) is 1.29. The average Bonchev–Trinajstić information content (AvgIpc) is 2.68. The van der Waals surface area contributed by atoms with Gasteiger partial charge in [0, 0.05) is 30.4 Å². The van der Waals surface area contributed by atoms with Crippen molar-refractivity contribution in [2.75, 3.05) is 25.0 Å². The van der Waals surface area contributed by atoms with Crippen LogP contribution in [0.2, 0.25) is 0 Å². The van der Waals surface area contributed by atoms with Gasteiger partial charge in [-0.05, 0) is 18.2 Å². The summed E-state index contributed by atoms with van der Waals surface area (Å²) in [5.41, 5.74) is 0.709. The molecule has 112 valence electrons. The molecule has 1 heterocycles. The largest absolute Gasteiger partial charge is 0.488 e. The molecule has 1 aliphatic heterocycles. The van der Waals surface area contributed by atoms with Crippen LogP contribution in [-0.4, -0.2) is 42.1 Å². The van der Waals surface area contributed by atoms with Gasteiger partial charge in [-0.15, -0.1) is 0 Å². The van der Waals surface area contributed by atoms with Crippen LogP contribution in [0.1, 0.15) is 5.56 Å². The molecule has 2 rings (SSSR count). The smallest absolute Gasteiger partial charge is 0.401 e. The van der Waals surface area contributed by atoms with E-state index in [0.29, 0.717) is 23.1 Å². The highest BCUT2D eigenvalue weighted by Crippen LogP contribution is 2.30. The zero-order chi connectivity index (χ0) is 14.8. The highest BCUT2D eigenvalue weighted by Gasteiger charge is 2.33. The van der Waals surface area contributed by atoms with Crippen LogP contribution in [0.5, 0.6) is 5.75 Å². The van der Waals surface area contributed by atoms with Crippen molar-refractivity contribution < 1.29 is 22.3 Å². The van der Waals surface area contributed by atoms with Crippen LogP contribution in [0.25, 0.3) is 0 Å². The number of ether oxygens (including phenoxy) is 1. The summed E-state index contributed by atoms with van der Waals surface area (Å²) in [7, 11) is 0. The molecule has 0 radical (unpaired) electrons. The van der Waals surface area contributed by atoms with E-state index >= 15 is 0 Å². The Morgan fingerprint density at radius 2 is 2.10 bits per heavy atom. The monoisotopic (exact) mass is 355 g/mol.